The van der Waals surface area contributed by atoms with E-state index in [-0.39, 0.29) is 81.0 Å². The second-order valence-corrected chi connectivity index (χ2v) is 5.60. The molecule has 3 N–H and O–H groups in total. The first-order chi connectivity index (χ1) is 10.3. The summed E-state index contributed by atoms with van der Waals surface area (Å²) in [6.07, 6.45) is 0. The van der Waals surface area contributed by atoms with Crippen molar-refractivity contribution < 1.29 is 28.0 Å². The van der Waals surface area contributed by atoms with Gasteiger partial charge in [0.1, 0.15) is 11.3 Å². The van der Waals surface area contributed by atoms with Crippen LogP contribution in [0.25, 0.3) is 0 Å². The van der Waals surface area contributed by atoms with E-state index in [1.54, 1.807) is 0 Å². The summed E-state index contributed by atoms with van der Waals surface area (Å²) in [6.45, 7) is 0. The predicted octanol–water partition coefficient (Wildman–Crippen LogP) is 1.99. The predicted molar refractivity (Wildman–Crippen MR) is 87.0 cm³/mol. The SMILES string of the molecule is O=C(O)c1cc(N=Nc2ccc(S(=O)(=O)O)cc2)ccc1O.[Na].[Na]. The summed E-state index contributed by atoms with van der Waals surface area (Å²) in [7, 11) is -4.27. The van der Waals surface area contributed by atoms with Crippen molar-refractivity contribution in [1.82, 2.24) is 0 Å². The zero-order chi connectivity index (χ0) is 16.3. The maximum Gasteiger partial charge on any atom is 0.339 e. The van der Waals surface area contributed by atoms with Crippen LogP contribution in [-0.4, -0.2) is 88.3 Å². The van der Waals surface area contributed by atoms with Gasteiger partial charge in [-0.3, -0.25) is 4.55 Å². The van der Waals surface area contributed by atoms with E-state index in [1.165, 1.54) is 24.3 Å². The molecule has 0 bridgehead atoms. The van der Waals surface area contributed by atoms with Gasteiger partial charge in [-0.15, -0.1) is 0 Å². The van der Waals surface area contributed by atoms with Gasteiger partial charge in [0.2, 0.25) is 0 Å². The molecule has 2 rings (SSSR count). The molecule has 0 aliphatic carbocycles. The molecule has 0 aliphatic heterocycles. The third kappa shape index (κ3) is 6.26. The summed E-state index contributed by atoms with van der Waals surface area (Å²) in [5.41, 5.74) is 0.199. The normalized spacial score (nSPS) is 10.7. The number of hydrogen-bond acceptors (Lipinski definition) is 6. The van der Waals surface area contributed by atoms with Crippen molar-refractivity contribution >= 4 is 86.6 Å². The Hall–Kier alpha value is -0.780. The fourth-order valence-corrected chi connectivity index (χ4v) is 2.04. The minimum Gasteiger partial charge on any atom is -0.507 e. The molecular weight excluding hydrogens is 358 g/mol. The molecule has 0 fully saturated rings. The van der Waals surface area contributed by atoms with Crippen LogP contribution in [-0.2, 0) is 10.1 Å². The van der Waals surface area contributed by atoms with Gasteiger partial charge in [0.05, 0.1) is 16.3 Å². The molecule has 0 atom stereocenters. The Balaban J connectivity index is 0.00000264. The summed E-state index contributed by atoms with van der Waals surface area (Å²) < 4.78 is 30.6. The van der Waals surface area contributed by atoms with Crippen LogP contribution in [0.5, 0.6) is 5.75 Å². The second kappa shape index (κ2) is 9.64. The molecule has 0 spiro atoms. The third-order valence-electron chi connectivity index (χ3n) is 2.63. The van der Waals surface area contributed by atoms with E-state index in [2.05, 4.69) is 10.2 Å². The maximum atomic E-state index is 10.9. The van der Waals surface area contributed by atoms with E-state index in [9.17, 15) is 18.3 Å². The van der Waals surface area contributed by atoms with Crippen LogP contribution in [0.2, 0.25) is 0 Å². The second-order valence-electron chi connectivity index (χ2n) is 4.18. The van der Waals surface area contributed by atoms with Gasteiger partial charge in [-0.25, -0.2) is 4.79 Å². The summed E-state index contributed by atoms with van der Waals surface area (Å²) in [4.78, 5) is 10.6. The Morgan fingerprint density at radius 2 is 1.42 bits per heavy atom. The van der Waals surface area contributed by atoms with E-state index in [0.29, 0.717) is 5.69 Å². The summed E-state index contributed by atoms with van der Waals surface area (Å²) in [5.74, 6) is -1.68. The first kappa shape index (κ1) is 23.2. The first-order valence-corrected chi connectivity index (χ1v) is 7.27. The zero-order valence-corrected chi connectivity index (χ0v) is 17.7. The number of carboxylic acid groups (broad SMARTS) is 1. The van der Waals surface area contributed by atoms with Gasteiger partial charge in [-0.1, -0.05) is 0 Å². The van der Waals surface area contributed by atoms with Crippen molar-refractivity contribution in [1.29, 1.82) is 0 Å². The molecule has 0 aromatic heterocycles. The number of azo groups is 1. The molecule has 8 nitrogen and oxygen atoms in total. The molecule has 0 saturated heterocycles. The number of carbonyl (C=O) groups is 1. The summed E-state index contributed by atoms with van der Waals surface area (Å²) in [6, 6.07) is 8.66. The van der Waals surface area contributed by atoms with Crippen LogP contribution >= 0.6 is 0 Å². The average Bonchev–Trinajstić information content (AvgIpc) is 2.45. The van der Waals surface area contributed by atoms with Crippen molar-refractivity contribution in [2.75, 3.05) is 0 Å². The average molecular weight is 368 g/mol. The van der Waals surface area contributed by atoms with Gasteiger partial charge in [-0.2, -0.15) is 18.6 Å². The smallest absolute Gasteiger partial charge is 0.339 e. The molecule has 2 aromatic rings. The number of aromatic carboxylic acids is 1. The monoisotopic (exact) mass is 368 g/mol. The van der Waals surface area contributed by atoms with Crippen molar-refractivity contribution in [2.45, 2.75) is 4.90 Å². The van der Waals surface area contributed by atoms with Crippen molar-refractivity contribution in [3.05, 3.63) is 48.0 Å². The molecule has 11 heteroatoms. The number of carboxylic acids is 1. The van der Waals surface area contributed by atoms with Gasteiger partial charge in [-0.05, 0) is 42.5 Å². The minimum atomic E-state index is -4.27. The minimum absolute atomic E-state index is 0. The Labute approximate surface area is 182 Å². The van der Waals surface area contributed by atoms with Gasteiger partial charge in [0.25, 0.3) is 10.1 Å². The summed E-state index contributed by atoms with van der Waals surface area (Å²) >= 11 is 0. The molecule has 0 saturated carbocycles. The van der Waals surface area contributed by atoms with Crippen molar-refractivity contribution in [3.8, 4) is 5.75 Å². The van der Waals surface area contributed by atoms with Gasteiger partial charge in [0.15, 0.2) is 0 Å². The number of nitrogens with zero attached hydrogens (tertiary/aromatic N) is 2. The standard InChI is InChI=1S/C13H10N2O6S.2Na/c16-12-6-3-9(7-11(12)13(17)18)15-14-8-1-4-10(5-2-8)22(19,20)21;;/h1-7,16H,(H,17,18)(H,19,20,21);;. The molecule has 0 heterocycles. The van der Waals surface area contributed by atoms with Crippen molar-refractivity contribution in [2.24, 2.45) is 10.2 Å². The molecule has 0 amide bonds. The van der Waals surface area contributed by atoms with Crippen molar-refractivity contribution in [3.63, 3.8) is 0 Å². The Bertz CT molecular complexity index is 853. The van der Waals surface area contributed by atoms with Crippen LogP contribution in [0.4, 0.5) is 11.4 Å². The zero-order valence-electron chi connectivity index (χ0n) is 12.9. The molecule has 0 unspecified atom stereocenters. The molecule has 116 valence electrons. The number of hydrogen-bond donors (Lipinski definition) is 3. The number of phenols is 1. The molecular formula is C13H10N2Na2O6S. The largest absolute Gasteiger partial charge is 0.507 e. The number of rotatable bonds is 4. The Kier molecular flexibility index (Phi) is 9.32. The molecule has 2 aromatic carbocycles. The van der Waals surface area contributed by atoms with Crippen LogP contribution in [0, 0.1) is 0 Å². The topological polar surface area (TPSA) is 137 Å². The first-order valence-electron chi connectivity index (χ1n) is 5.83. The van der Waals surface area contributed by atoms with Crippen LogP contribution < -0.4 is 0 Å². The van der Waals surface area contributed by atoms with E-state index in [0.717, 1.165) is 18.2 Å². The van der Waals surface area contributed by atoms with Gasteiger partial charge < -0.3 is 10.2 Å². The third-order valence-corrected chi connectivity index (χ3v) is 3.49. The number of aromatic hydroxyl groups is 1. The van der Waals surface area contributed by atoms with Crippen LogP contribution in [0.1, 0.15) is 10.4 Å². The molecule has 0 aliphatic rings. The fourth-order valence-electron chi connectivity index (χ4n) is 1.56. The maximum absolute atomic E-state index is 10.9. The van der Waals surface area contributed by atoms with Crippen LogP contribution in [0.3, 0.4) is 0 Å². The fraction of sp³-hybridized carbons (Fsp3) is 0. The van der Waals surface area contributed by atoms with E-state index >= 15 is 0 Å². The van der Waals surface area contributed by atoms with E-state index < -0.39 is 16.1 Å². The summed E-state index contributed by atoms with van der Waals surface area (Å²) in [5, 5.41) is 25.8. The van der Waals surface area contributed by atoms with E-state index in [1.807, 2.05) is 0 Å². The molecule has 24 heavy (non-hydrogen) atoms. The Morgan fingerprint density at radius 1 is 0.917 bits per heavy atom. The van der Waals surface area contributed by atoms with Gasteiger partial charge in [0, 0.05) is 59.1 Å². The van der Waals surface area contributed by atoms with Crippen LogP contribution in [0.15, 0.2) is 57.6 Å². The molecule has 2 radical (unpaired) electrons. The Morgan fingerprint density at radius 3 is 1.92 bits per heavy atom. The van der Waals surface area contributed by atoms with Gasteiger partial charge >= 0.3 is 5.97 Å². The van der Waals surface area contributed by atoms with E-state index in [4.69, 9.17) is 9.66 Å². The quantitative estimate of drug-likeness (QED) is 0.429. The number of benzene rings is 2.